The highest BCUT2D eigenvalue weighted by Gasteiger charge is 2.29. The fraction of sp³-hybridized carbons (Fsp3) is 0.138. The molecule has 38 heavy (non-hydrogen) atoms. The van der Waals surface area contributed by atoms with Crippen molar-refractivity contribution in [3.8, 4) is 22.8 Å². The van der Waals surface area contributed by atoms with E-state index in [1.165, 1.54) is 6.20 Å². The number of nitrogens with zero attached hydrogens (tertiary/aromatic N) is 3. The Morgan fingerprint density at radius 1 is 0.921 bits per heavy atom. The van der Waals surface area contributed by atoms with Gasteiger partial charge in [-0.05, 0) is 67.3 Å². The number of carbonyl (C=O) groups excluding carboxylic acids is 2. The minimum absolute atomic E-state index is 0.0254. The van der Waals surface area contributed by atoms with Crippen LogP contribution in [0.25, 0.3) is 22.0 Å². The summed E-state index contributed by atoms with van der Waals surface area (Å²) in [6.45, 7) is 1.99. The molecule has 2 aromatic carbocycles. The number of aromatic nitrogens is 4. The van der Waals surface area contributed by atoms with Gasteiger partial charge in [0.1, 0.15) is 5.75 Å². The molecular weight excluding hydrogens is 480 g/mol. The first kappa shape index (κ1) is 23.4. The molecule has 5 aromatic rings. The molecule has 0 spiro atoms. The average Bonchev–Trinajstić information content (AvgIpc) is 3.69. The fourth-order valence-corrected chi connectivity index (χ4v) is 4.13. The molecule has 1 saturated carbocycles. The van der Waals surface area contributed by atoms with Crippen LogP contribution in [-0.2, 0) is 4.79 Å². The summed E-state index contributed by atoms with van der Waals surface area (Å²) >= 11 is 0. The van der Waals surface area contributed by atoms with Gasteiger partial charge in [-0.1, -0.05) is 18.2 Å². The monoisotopic (exact) mass is 504 g/mol. The lowest BCUT2D eigenvalue weighted by molar-refractivity contribution is -0.117. The number of pyridine rings is 2. The van der Waals surface area contributed by atoms with Crippen molar-refractivity contribution in [2.75, 3.05) is 10.6 Å². The Morgan fingerprint density at radius 2 is 1.82 bits per heavy atom. The number of aromatic amines is 1. The molecular formula is C29H24N6O3. The average molecular weight is 505 g/mol. The van der Waals surface area contributed by atoms with E-state index in [-0.39, 0.29) is 23.4 Å². The second-order valence-electron chi connectivity index (χ2n) is 9.32. The van der Waals surface area contributed by atoms with Crippen LogP contribution in [0.1, 0.15) is 28.9 Å². The molecule has 3 heterocycles. The number of nitrogens with one attached hydrogen (secondary N) is 3. The molecule has 0 radical (unpaired) electrons. The minimum Gasteiger partial charge on any atom is -0.439 e. The third-order valence-electron chi connectivity index (χ3n) is 6.27. The Morgan fingerprint density at radius 3 is 2.61 bits per heavy atom. The largest absolute Gasteiger partial charge is 0.439 e. The normalized spacial score (nSPS) is 12.8. The molecule has 0 bridgehead atoms. The van der Waals surface area contributed by atoms with Gasteiger partial charge in [-0.25, -0.2) is 4.98 Å². The molecule has 188 valence electrons. The van der Waals surface area contributed by atoms with Gasteiger partial charge in [0.25, 0.3) is 5.91 Å². The lowest BCUT2D eigenvalue weighted by atomic mass is 10.0. The highest BCUT2D eigenvalue weighted by molar-refractivity contribution is 6.11. The van der Waals surface area contributed by atoms with Crippen LogP contribution in [0.4, 0.5) is 11.4 Å². The minimum atomic E-state index is -0.369. The summed E-state index contributed by atoms with van der Waals surface area (Å²) in [4.78, 5) is 33.8. The molecule has 3 N–H and O–H groups in total. The Bertz CT molecular complexity index is 1660. The zero-order valence-electron chi connectivity index (χ0n) is 20.6. The van der Waals surface area contributed by atoms with Crippen molar-refractivity contribution in [3.63, 3.8) is 0 Å². The molecule has 9 nitrogen and oxygen atoms in total. The van der Waals surface area contributed by atoms with Crippen LogP contribution in [0.2, 0.25) is 0 Å². The summed E-state index contributed by atoms with van der Waals surface area (Å²) in [5, 5.41) is 13.6. The van der Waals surface area contributed by atoms with Gasteiger partial charge in [0.15, 0.2) is 5.69 Å². The van der Waals surface area contributed by atoms with Crippen LogP contribution in [0.5, 0.6) is 11.6 Å². The summed E-state index contributed by atoms with van der Waals surface area (Å²) in [7, 11) is 0. The van der Waals surface area contributed by atoms with Gasteiger partial charge in [0.2, 0.25) is 11.8 Å². The fourth-order valence-electron chi connectivity index (χ4n) is 4.13. The molecule has 1 aliphatic rings. The smallest absolute Gasteiger partial charge is 0.276 e. The summed E-state index contributed by atoms with van der Waals surface area (Å²) in [5.74, 6) is 0.879. The van der Waals surface area contributed by atoms with E-state index in [1.807, 2.05) is 55.5 Å². The van der Waals surface area contributed by atoms with Crippen LogP contribution in [-0.4, -0.2) is 32.0 Å². The van der Waals surface area contributed by atoms with Gasteiger partial charge in [-0.15, -0.1) is 0 Å². The van der Waals surface area contributed by atoms with E-state index in [4.69, 9.17) is 4.74 Å². The van der Waals surface area contributed by atoms with Crippen molar-refractivity contribution in [1.29, 1.82) is 0 Å². The van der Waals surface area contributed by atoms with Gasteiger partial charge >= 0.3 is 0 Å². The topological polar surface area (TPSA) is 122 Å². The summed E-state index contributed by atoms with van der Waals surface area (Å²) in [6.07, 6.45) is 6.76. The second kappa shape index (κ2) is 9.78. The Kier molecular flexibility index (Phi) is 6.01. The van der Waals surface area contributed by atoms with Gasteiger partial charge < -0.3 is 15.4 Å². The van der Waals surface area contributed by atoms with E-state index in [0.717, 1.165) is 35.0 Å². The molecule has 0 atom stereocenters. The first-order valence-electron chi connectivity index (χ1n) is 12.3. The third kappa shape index (κ3) is 5.08. The molecule has 0 saturated heterocycles. The summed E-state index contributed by atoms with van der Waals surface area (Å²) in [6, 6.07) is 18.6. The lowest BCUT2D eigenvalue weighted by Crippen LogP contribution is -2.13. The second-order valence-corrected chi connectivity index (χ2v) is 9.32. The number of fused-ring (bicyclic) bond motifs is 1. The van der Waals surface area contributed by atoms with Crippen molar-refractivity contribution < 1.29 is 14.3 Å². The first-order valence-corrected chi connectivity index (χ1v) is 12.3. The van der Waals surface area contributed by atoms with Gasteiger partial charge in [-0.3, -0.25) is 19.7 Å². The van der Waals surface area contributed by atoms with E-state index in [0.29, 0.717) is 28.4 Å². The van der Waals surface area contributed by atoms with Crippen LogP contribution >= 0.6 is 0 Å². The van der Waals surface area contributed by atoms with Crippen molar-refractivity contribution in [3.05, 3.63) is 90.5 Å². The highest BCUT2D eigenvalue weighted by Crippen LogP contribution is 2.31. The number of rotatable bonds is 7. The van der Waals surface area contributed by atoms with Crippen molar-refractivity contribution in [2.45, 2.75) is 19.8 Å². The predicted octanol–water partition coefficient (Wildman–Crippen LogP) is 5.72. The molecule has 6 rings (SSSR count). The van der Waals surface area contributed by atoms with Crippen LogP contribution in [0.3, 0.4) is 0 Å². The molecule has 1 fully saturated rings. The van der Waals surface area contributed by atoms with Gasteiger partial charge in [0, 0.05) is 29.1 Å². The zero-order valence-corrected chi connectivity index (χ0v) is 20.6. The van der Waals surface area contributed by atoms with E-state index >= 15 is 0 Å². The van der Waals surface area contributed by atoms with E-state index in [2.05, 4.69) is 30.8 Å². The zero-order chi connectivity index (χ0) is 26.1. The van der Waals surface area contributed by atoms with E-state index in [1.54, 1.807) is 24.5 Å². The van der Waals surface area contributed by atoms with E-state index < -0.39 is 0 Å². The number of ether oxygens (including phenoxy) is 1. The SMILES string of the molecule is Cc1cccc(Oc2ccc(NC(=O)c3n[nH]c4ccc(-c5cncc(NC(=O)C6CC6)c5)cc34)cn2)c1. The number of hydrogen-bond donors (Lipinski definition) is 3. The maximum Gasteiger partial charge on any atom is 0.276 e. The lowest BCUT2D eigenvalue weighted by Gasteiger charge is -2.08. The number of benzene rings is 2. The standard InChI is InChI=1S/C29H24N6O3/c1-17-3-2-4-23(11-17)38-26-10-8-21(16-31-26)32-29(37)27-24-13-19(7-9-25(24)34-35-27)20-12-22(15-30-14-20)33-28(36)18-5-6-18/h2-4,7-16,18H,5-6H2,1H3,(H,32,37)(H,33,36)(H,34,35). The van der Waals surface area contributed by atoms with Crippen molar-refractivity contribution in [1.82, 2.24) is 20.2 Å². The Labute approximate surface area is 218 Å². The molecule has 3 aromatic heterocycles. The van der Waals surface area contributed by atoms with Crippen LogP contribution in [0, 0.1) is 12.8 Å². The maximum atomic E-state index is 13.1. The Balaban J connectivity index is 1.19. The molecule has 1 aliphatic carbocycles. The molecule has 0 aliphatic heterocycles. The number of H-pyrrole nitrogens is 1. The predicted molar refractivity (Wildman–Crippen MR) is 144 cm³/mol. The quantitative estimate of drug-likeness (QED) is 0.261. The van der Waals surface area contributed by atoms with Crippen LogP contribution in [0.15, 0.2) is 79.3 Å². The number of carbonyl (C=O) groups is 2. The van der Waals surface area contributed by atoms with Gasteiger partial charge in [-0.2, -0.15) is 5.10 Å². The Hall–Kier alpha value is -5.05. The first-order chi connectivity index (χ1) is 18.5. The summed E-state index contributed by atoms with van der Waals surface area (Å²) in [5.41, 5.74) is 4.90. The van der Waals surface area contributed by atoms with Crippen molar-refractivity contribution in [2.24, 2.45) is 5.92 Å². The molecule has 0 unspecified atom stereocenters. The maximum absolute atomic E-state index is 13.1. The highest BCUT2D eigenvalue weighted by atomic mass is 16.5. The molecule has 9 heteroatoms. The molecule has 2 amide bonds. The van der Waals surface area contributed by atoms with Crippen LogP contribution < -0.4 is 15.4 Å². The third-order valence-corrected chi connectivity index (χ3v) is 6.27. The number of hydrogen-bond acceptors (Lipinski definition) is 6. The number of anilines is 2. The number of aryl methyl sites for hydroxylation is 1. The number of amides is 2. The van der Waals surface area contributed by atoms with E-state index in [9.17, 15) is 9.59 Å². The van der Waals surface area contributed by atoms with Crippen molar-refractivity contribution >= 4 is 34.1 Å². The summed E-state index contributed by atoms with van der Waals surface area (Å²) < 4.78 is 5.78. The van der Waals surface area contributed by atoms with Gasteiger partial charge in [0.05, 0.1) is 29.3 Å².